The number of amides is 1. The Labute approximate surface area is 205 Å². The summed E-state index contributed by atoms with van der Waals surface area (Å²) in [5.74, 6) is -0.313. The summed E-state index contributed by atoms with van der Waals surface area (Å²) in [6.45, 7) is 2.64. The van der Waals surface area contributed by atoms with E-state index in [0.29, 0.717) is 25.1 Å². The SMILES string of the molecule is CCCCC[C@H](N)C(=O)Oc1ccccc1N=Nc1ccc(NC(=O)[C@@H](N)CCCCN)nc1N. The van der Waals surface area contributed by atoms with Crippen LogP contribution < -0.4 is 33.0 Å². The van der Waals surface area contributed by atoms with E-state index in [4.69, 9.17) is 27.7 Å². The number of nitrogens with two attached hydrogens (primary N) is 4. The molecule has 0 unspecified atom stereocenters. The molecule has 35 heavy (non-hydrogen) atoms. The average Bonchev–Trinajstić information content (AvgIpc) is 2.84. The second kappa shape index (κ2) is 14.8. The zero-order chi connectivity index (χ0) is 25.6. The minimum Gasteiger partial charge on any atom is -0.423 e. The fraction of sp³-hybridized carbons (Fsp3) is 0.458. The van der Waals surface area contributed by atoms with Crippen LogP contribution in [0.25, 0.3) is 0 Å². The highest BCUT2D eigenvalue weighted by molar-refractivity contribution is 5.94. The Morgan fingerprint density at radius 3 is 2.37 bits per heavy atom. The number of rotatable bonds is 14. The van der Waals surface area contributed by atoms with E-state index in [1.54, 1.807) is 36.4 Å². The van der Waals surface area contributed by atoms with Gasteiger partial charge in [0.2, 0.25) is 5.91 Å². The molecular formula is C24H36N8O3. The maximum Gasteiger partial charge on any atom is 0.328 e. The third-order valence-electron chi connectivity index (χ3n) is 5.22. The van der Waals surface area contributed by atoms with Gasteiger partial charge in [-0.1, -0.05) is 44.7 Å². The van der Waals surface area contributed by atoms with Gasteiger partial charge in [0.05, 0.1) is 6.04 Å². The van der Waals surface area contributed by atoms with Crippen molar-refractivity contribution >= 4 is 34.9 Å². The molecule has 0 aliphatic rings. The van der Waals surface area contributed by atoms with E-state index < -0.39 is 18.1 Å². The van der Waals surface area contributed by atoms with Gasteiger partial charge in [0.25, 0.3) is 0 Å². The zero-order valence-electron chi connectivity index (χ0n) is 20.2. The Morgan fingerprint density at radius 1 is 0.971 bits per heavy atom. The van der Waals surface area contributed by atoms with Crippen molar-refractivity contribution in [1.82, 2.24) is 4.98 Å². The van der Waals surface area contributed by atoms with Gasteiger partial charge in [-0.3, -0.25) is 4.79 Å². The van der Waals surface area contributed by atoms with Crippen LogP contribution in [0.4, 0.5) is 23.0 Å². The van der Waals surface area contributed by atoms with Crippen molar-refractivity contribution in [3.05, 3.63) is 36.4 Å². The van der Waals surface area contributed by atoms with Crippen molar-refractivity contribution < 1.29 is 14.3 Å². The fourth-order valence-corrected chi connectivity index (χ4v) is 3.13. The lowest BCUT2D eigenvalue weighted by Crippen LogP contribution is -2.35. The van der Waals surface area contributed by atoms with E-state index in [-0.39, 0.29) is 29.0 Å². The normalized spacial score (nSPS) is 12.9. The Balaban J connectivity index is 2.03. The van der Waals surface area contributed by atoms with E-state index >= 15 is 0 Å². The van der Waals surface area contributed by atoms with Crippen LogP contribution in [0.1, 0.15) is 51.9 Å². The molecule has 0 saturated heterocycles. The lowest BCUT2D eigenvalue weighted by atomic mass is 10.1. The number of carbonyl (C=O) groups excluding carboxylic acids is 2. The average molecular weight is 485 g/mol. The third-order valence-corrected chi connectivity index (χ3v) is 5.22. The molecule has 1 amide bonds. The first-order valence-corrected chi connectivity index (χ1v) is 11.9. The molecule has 2 aromatic rings. The van der Waals surface area contributed by atoms with E-state index in [1.165, 1.54) is 0 Å². The summed E-state index contributed by atoms with van der Waals surface area (Å²) in [6, 6.07) is 8.48. The first kappa shape index (κ1) is 27.8. The lowest BCUT2D eigenvalue weighted by molar-refractivity contribution is -0.136. The molecule has 11 nitrogen and oxygen atoms in total. The summed E-state index contributed by atoms with van der Waals surface area (Å²) in [6.07, 6.45) is 5.56. The molecule has 1 aromatic carbocycles. The molecule has 2 rings (SSSR count). The topological polar surface area (TPSA) is 197 Å². The van der Waals surface area contributed by atoms with Crippen LogP contribution in [0.3, 0.4) is 0 Å². The highest BCUT2D eigenvalue weighted by Crippen LogP contribution is 2.31. The molecule has 0 spiro atoms. The largest absolute Gasteiger partial charge is 0.423 e. The summed E-state index contributed by atoms with van der Waals surface area (Å²) < 4.78 is 5.45. The van der Waals surface area contributed by atoms with E-state index in [1.807, 2.05) is 0 Å². The number of nitrogen functional groups attached to an aromatic ring is 1. The molecule has 2 atom stereocenters. The number of pyridine rings is 1. The summed E-state index contributed by atoms with van der Waals surface area (Å²) in [5, 5.41) is 10.9. The third kappa shape index (κ3) is 9.39. The summed E-state index contributed by atoms with van der Waals surface area (Å²) in [4.78, 5) is 28.7. The Hall–Kier alpha value is -3.41. The number of unbranched alkanes of at least 4 members (excludes halogenated alkanes) is 3. The molecular weight excluding hydrogens is 448 g/mol. The number of nitrogens with zero attached hydrogens (tertiary/aromatic N) is 3. The van der Waals surface area contributed by atoms with Gasteiger partial charge in [0, 0.05) is 0 Å². The van der Waals surface area contributed by atoms with Crippen LogP contribution in [0.15, 0.2) is 46.6 Å². The first-order chi connectivity index (χ1) is 16.8. The first-order valence-electron chi connectivity index (χ1n) is 11.9. The predicted octanol–water partition coefficient (Wildman–Crippen LogP) is 3.29. The molecule has 0 fully saturated rings. The van der Waals surface area contributed by atoms with Gasteiger partial charge in [0.15, 0.2) is 11.6 Å². The Morgan fingerprint density at radius 2 is 1.66 bits per heavy atom. The Kier molecular flexibility index (Phi) is 11.7. The number of azo groups is 1. The molecule has 0 saturated carbocycles. The molecule has 0 aliphatic carbocycles. The predicted molar refractivity (Wildman–Crippen MR) is 137 cm³/mol. The monoisotopic (exact) mass is 484 g/mol. The number of aromatic nitrogens is 1. The Bertz CT molecular complexity index is 998. The van der Waals surface area contributed by atoms with Crippen molar-refractivity contribution in [1.29, 1.82) is 0 Å². The number of anilines is 2. The highest BCUT2D eigenvalue weighted by atomic mass is 16.5. The molecule has 1 aromatic heterocycles. The van der Waals surface area contributed by atoms with Gasteiger partial charge in [0.1, 0.15) is 23.2 Å². The number of carbonyl (C=O) groups is 2. The van der Waals surface area contributed by atoms with Crippen LogP contribution in [0.2, 0.25) is 0 Å². The van der Waals surface area contributed by atoms with Crippen molar-refractivity contribution in [2.75, 3.05) is 17.6 Å². The highest BCUT2D eigenvalue weighted by Gasteiger charge is 2.17. The number of benzene rings is 1. The van der Waals surface area contributed by atoms with Gasteiger partial charge in [-0.05, 0) is 50.1 Å². The number of para-hydroxylation sites is 1. The smallest absolute Gasteiger partial charge is 0.328 e. The minimum atomic E-state index is -0.706. The quantitative estimate of drug-likeness (QED) is 0.116. The van der Waals surface area contributed by atoms with Crippen LogP contribution in [0.5, 0.6) is 5.75 Å². The molecule has 0 aliphatic heterocycles. The van der Waals surface area contributed by atoms with Crippen molar-refractivity contribution in [3.8, 4) is 5.75 Å². The number of hydrogen-bond acceptors (Lipinski definition) is 10. The van der Waals surface area contributed by atoms with Gasteiger partial charge >= 0.3 is 5.97 Å². The lowest BCUT2D eigenvalue weighted by Gasteiger charge is -2.12. The number of esters is 1. The molecule has 11 heteroatoms. The minimum absolute atomic E-state index is 0.0654. The maximum absolute atomic E-state index is 12.3. The standard InChI is InChI=1S/C24H36N8O3/c1-2-3-4-10-17(27)24(34)35-20-12-6-5-11-18(20)31-32-19-13-14-21(29-22(19)28)30-23(33)16(26)9-7-8-15-25/h5-6,11-14,16-17H,2-4,7-10,15,25-27H2,1H3,(H3,28,29,30,33)/t16-,17-/m0/s1. The maximum atomic E-state index is 12.3. The van der Waals surface area contributed by atoms with Gasteiger partial charge in [-0.15, -0.1) is 10.2 Å². The summed E-state index contributed by atoms with van der Waals surface area (Å²) in [5.41, 5.74) is 23.9. The van der Waals surface area contributed by atoms with Gasteiger partial charge in [-0.25, -0.2) is 9.78 Å². The number of ether oxygens (including phenoxy) is 1. The van der Waals surface area contributed by atoms with E-state index in [2.05, 4.69) is 27.5 Å². The second-order valence-electron chi connectivity index (χ2n) is 8.17. The number of hydrogen-bond donors (Lipinski definition) is 5. The molecule has 190 valence electrons. The van der Waals surface area contributed by atoms with E-state index in [0.717, 1.165) is 32.1 Å². The molecule has 0 radical (unpaired) electrons. The van der Waals surface area contributed by atoms with Crippen LogP contribution in [-0.2, 0) is 9.59 Å². The molecule has 9 N–H and O–H groups in total. The van der Waals surface area contributed by atoms with Crippen LogP contribution >= 0.6 is 0 Å². The second-order valence-corrected chi connectivity index (χ2v) is 8.17. The van der Waals surface area contributed by atoms with Gasteiger partial charge in [-0.2, -0.15) is 0 Å². The van der Waals surface area contributed by atoms with Crippen molar-refractivity contribution in [3.63, 3.8) is 0 Å². The summed E-state index contributed by atoms with van der Waals surface area (Å²) in [7, 11) is 0. The summed E-state index contributed by atoms with van der Waals surface area (Å²) >= 11 is 0. The fourth-order valence-electron chi connectivity index (χ4n) is 3.13. The van der Waals surface area contributed by atoms with Crippen LogP contribution in [-0.4, -0.2) is 35.5 Å². The van der Waals surface area contributed by atoms with E-state index in [9.17, 15) is 9.59 Å². The molecule has 0 bridgehead atoms. The van der Waals surface area contributed by atoms with Gasteiger partial charge < -0.3 is 33.0 Å². The van der Waals surface area contributed by atoms with Crippen molar-refractivity contribution in [2.45, 2.75) is 64.0 Å². The zero-order valence-corrected chi connectivity index (χ0v) is 20.2. The number of nitrogens with one attached hydrogen (secondary N) is 1. The molecule has 1 heterocycles. The van der Waals surface area contributed by atoms with Crippen LogP contribution in [0, 0.1) is 0 Å². The van der Waals surface area contributed by atoms with Crippen molar-refractivity contribution in [2.24, 2.45) is 27.4 Å².